The Hall–Kier alpha value is -3.66. The summed E-state index contributed by atoms with van der Waals surface area (Å²) in [6.45, 7) is 49.4. The number of piperidine rings is 6. The van der Waals surface area contributed by atoms with Gasteiger partial charge >= 0.3 is 24.0 Å². The molecule has 0 atom stereocenters. The molecule has 0 amide bonds. The normalized spacial score (nSPS) is 27.8. The van der Waals surface area contributed by atoms with E-state index in [-0.39, 0.29) is 60.5 Å². The van der Waals surface area contributed by atoms with Gasteiger partial charge < -0.3 is 60.0 Å². The molecular formula is C64H116N14O10. The zero-order chi connectivity index (χ0) is 65.9. The molecule has 88 heavy (non-hydrogen) atoms. The van der Waals surface area contributed by atoms with Crippen molar-refractivity contribution in [2.75, 3.05) is 22.9 Å². The number of hydrogen-bond acceptors (Lipinski definition) is 24. The molecule has 0 spiro atoms. The zero-order valence-electron chi connectivity index (χ0n) is 58.4. The van der Waals surface area contributed by atoms with Crippen LogP contribution in [-0.4, -0.2) is 208 Å². The highest BCUT2D eigenvalue weighted by Crippen LogP contribution is 2.46. The van der Waals surface area contributed by atoms with E-state index < -0.39 is 66.5 Å². The van der Waals surface area contributed by atoms with Crippen molar-refractivity contribution in [1.29, 1.82) is 0 Å². The molecule has 8 rings (SSSR count). The number of unbranched alkanes of at least 4 members (excludes halogenated alkanes) is 1. The summed E-state index contributed by atoms with van der Waals surface area (Å²) < 4.78 is 27.5. The van der Waals surface area contributed by atoms with Crippen LogP contribution in [0.15, 0.2) is 0 Å². The lowest BCUT2D eigenvalue weighted by molar-refractivity contribution is -0.255. The fraction of sp³-hybridized carbons (Fsp3) is 0.906. The topological polar surface area (TPSA) is 262 Å². The molecule has 6 N–H and O–H groups in total. The molecule has 24 heteroatoms. The van der Waals surface area contributed by atoms with Crippen LogP contribution in [0.2, 0.25) is 0 Å². The van der Waals surface area contributed by atoms with Crippen molar-refractivity contribution < 1.29 is 50.2 Å². The Bertz CT molecular complexity index is 2360. The fourth-order valence-corrected chi connectivity index (χ4v) is 17.1. The summed E-state index contributed by atoms with van der Waals surface area (Å²) >= 11 is 0. The first kappa shape index (κ1) is 70.2. The van der Waals surface area contributed by atoms with Crippen molar-refractivity contribution in [2.24, 2.45) is 0 Å². The minimum atomic E-state index is -0.640. The summed E-state index contributed by atoms with van der Waals surface area (Å²) in [4.78, 5) is 35.1. The maximum Gasteiger partial charge on any atom is 0.324 e. The van der Waals surface area contributed by atoms with Gasteiger partial charge in [0.2, 0.25) is 11.9 Å². The number of anilines is 2. The number of hydroxylamine groups is 12. The highest BCUT2D eigenvalue weighted by molar-refractivity contribution is 5.37. The first-order chi connectivity index (χ1) is 39.9. The summed E-state index contributed by atoms with van der Waals surface area (Å²) in [7, 11) is 0. The van der Waals surface area contributed by atoms with Crippen LogP contribution in [-0.2, 0) is 0 Å². The Balaban J connectivity index is 1.19. The van der Waals surface area contributed by atoms with Gasteiger partial charge in [0.15, 0.2) is 0 Å². The molecule has 502 valence electrons. The fourth-order valence-electron chi connectivity index (χ4n) is 17.1. The summed E-state index contributed by atoms with van der Waals surface area (Å²) in [6, 6.07) is 0.124. The Kier molecular flexibility index (Phi) is 18.9. The van der Waals surface area contributed by atoms with Gasteiger partial charge in [0, 0.05) is 143 Å². The maximum atomic E-state index is 11.7. The Morgan fingerprint density at radius 2 is 0.443 bits per heavy atom. The minimum absolute atomic E-state index is 0.116. The summed E-state index contributed by atoms with van der Waals surface area (Å²) in [5.41, 5.74) is -7.47. The number of aromatic nitrogens is 6. The molecule has 0 bridgehead atoms. The summed E-state index contributed by atoms with van der Waals surface area (Å²) in [5, 5.41) is 77.4. The molecule has 2 aromatic rings. The van der Waals surface area contributed by atoms with Crippen molar-refractivity contribution in [1.82, 2.24) is 60.3 Å². The lowest BCUT2D eigenvalue weighted by Gasteiger charge is -2.54. The average Bonchev–Trinajstić information content (AvgIpc) is 1.64. The average molecular weight is 1240 g/mol. The Morgan fingerprint density at radius 3 is 0.614 bits per heavy atom. The predicted octanol–water partition coefficient (Wildman–Crippen LogP) is 11.1. The van der Waals surface area contributed by atoms with Gasteiger partial charge in [0.1, 0.15) is 24.4 Å². The van der Waals surface area contributed by atoms with E-state index in [2.05, 4.69) is 65.2 Å². The molecule has 6 saturated heterocycles. The zero-order valence-corrected chi connectivity index (χ0v) is 58.4. The van der Waals surface area contributed by atoms with Crippen molar-refractivity contribution in [3.8, 4) is 24.0 Å². The van der Waals surface area contributed by atoms with Crippen LogP contribution in [0.3, 0.4) is 0 Å². The quantitative estimate of drug-likeness (QED) is 0.0804. The van der Waals surface area contributed by atoms with Crippen molar-refractivity contribution in [2.45, 2.75) is 359 Å². The van der Waals surface area contributed by atoms with Crippen molar-refractivity contribution >= 4 is 11.9 Å². The minimum Gasteiger partial charge on any atom is -0.460 e. The van der Waals surface area contributed by atoms with E-state index in [1.165, 1.54) is 30.4 Å². The second-order valence-corrected chi connectivity index (χ2v) is 34.8. The van der Waals surface area contributed by atoms with Crippen LogP contribution in [0.5, 0.6) is 24.0 Å². The summed E-state index contributed by atoms with van der Waals surface area (Å²) in [5.74, 6) is 0.764. The summed E-state index contributed by atoms with van der Waals surface area (Å²) in [6.07, 6.45) is 6.18. The third-order valence-electron chi connectivity index (χ3n) is 20.3. The largest absolute Gasteiger partial charge is 0.460 e. The van der Waals surface area contributed by atoms with E-state index in [4.69, 9.17) is 48.9 Å². The van der Waals surface area contributed by atoms with Gasteiger partial charge in [-0.1, -0.05) is 0 Å². The van der Waals surface area contributed by atoms with Gasteiger partial charge in [-0.05, 0) is 205 Å². The molecule has 0 radical (unpaired) electrons. The van der Waals surface area contributed by atoms with Crippen LogP contribution in [0.1, 0.15) is 256 Å². The third kappa shape index (κ3) is 14.9. The number of ether oxygens (including phenoxy) is 4. The van der Waals surface area contributed by atoms with Crippen LogP contribution < -0.4 is 28.7 Å². The highest BCUT2D eigenvalue weighted by atomic mass is 16.6. The number of hydrogen-bond donors (Lipinski definition) is 6. The lowest BCUT2D eigenvalue weighted by atomic mass is 9.78. The second kappa shape index (κ2) is 23.7. The van der Waals surface area contributed by atoms with Gasteiger partial charge in [0.25, 0.3) is 0 Å². The van der Waals surface area contributed by atoms with Gasteiger partial charge in [0.05, 0.1) is 0 Å². The van der Waals surface area contributed by atoms with E-state index in [0.29, 0.717) is 115 Å². The van der Waals surface area contributed by atoms with Gasteiger partial charge in [-0.3, -0.25) is 0 Å². The van der Waals surface area contributed by atoms with Crippen LogP contribution in [0.25, 0.3) is 0 Å². The van der Waals surface area contributed by atoms with Gasteiger partial charge in [-0.25, -0.2) is 0 Å². The molecule has 0 aliphatic carbocycles. The van der Waals surface area contributed by atoms with E-state index in [0.717, 1.165) is 0 Å². The monoisotopic (exact) mass is 1240 g/mol. The molecule has 0 saturated carbocycles. The van der Waals surface area contributed by atoms with Crippen molar-refractivity contribution in [3.05, 3.63) is 0 Å². The van der Waals surface area contributed by atoms with Crippen LogP contribution >= 0.6 is 0 Å². The predicted molar refractivity (Wildman–Crippen MR) is 335 cm³/mol. The third-order valence-corrected chi connectivity index (χ3v) is 20.3. The Morgan fingerprint density at radius 1 is 0.284 bits per heavy atom. The van der Waals surface area contributed by atoms with Crippen LogP contribution in [0.4, 0.5) is 11.9 Å². The molecule has 6 aliphatic heterocycles. The highest BCUT2D eigenvalue weighted by Gasteiger charge is 2.53. The standard InChI is InChI=1S/C64H116N14O10/c1-53(2)29-41(30-54(3,4)73(53)79)71(47-65-49(85-43-33-57(9,10)75(81)58(11,12)34-43)69-50(66-47)86-44-35-59(13,14)76(82)60(15,16)36-44)27-25-26-28-72(42-31-55(5,6)74(80)56(7,8)32-42)48-67-51(87-45-37-61(17,18)77(83)62(19,20)38-45)70-52(68-48)88-46-39-63(21,22)78(84)64(23,24)40-46/h41-46,79-84H,25-40H2,1-24H3. The first-order valence-electron chi connectivity index (χ1n) is 32.6. The van der Waals surface area contributed by atoms with Crippen molar-refractivity contribution in [3.63, 3.8) is 0 Å². The van der Waals surface area contributed by atoms with E-state index in [9.17, 15) is 31.2 Å². The molecule has 2 aromatic heterocycles. The Labute approximate surface area is 526 Å². The van der Waals surface area contributed by atoms with Crippen LogP contribution in [0, 0.1) is 0 Å². The van der Waals surface area contributed by atoms with E-state index >= 15 is 0 Å². The van der Waals surface area contributed by atoms with E-state index in [1.807, 2.05) is 111 Å². The smallest absolute Gasteiger partial charge is 0.324 e. The maximum absolute atomic E-state index is 11.7. The molecule has 6 fully saturated rings. The second-order valence-electron chi connectivity index (χ2n) is 34.8. The lowest BCUT2D eigenvalue weighted by Crippen LogP contribution is -2.63. The number of rotatable bonds is 17. The number of nitrogens with zero attached hydrogens (tertiary/aromatic N) is 14. The molecule has 24 nitrogen and oxygen atoms in total. The van der Waals surface area contributed by atoms with Gasteiger partial charge in [-0.15, -0.1) is 9.97 Å². The van der Waals surface area contributed by atoms with E-state index in [1.54, 1.807) is 0 Å². The molecule has 6 aliphatic rings. The van der Waals surface area contributed by atoms with Gasteiger partial charge in [-0.2, -0.15) is 50.3 Å². The SMILES string of the molecule is CC1(C)CC(Oc2nc(OC3CC(C)(C)N(O)C(C)(C)C3)nc(N(CCCCN(c3nc(OC4CC(C)(C)N(O)C(C)(C)C4)nc(OC4CC(C)(C)N(O)C(C)(C)C4)n3)C3CC(C)(C)N(O)C(C)(C)C3)C3CC(C)(C)N(O)C(C)(C)C3)n2)CC(C)(C)N1O. The molecule has 0 unspecified atom stereocenters. The molecule has 8 heterocycles. The molecular weight excluding hydrogens is 1120 g/mol. The first-order valence-corrected chi connectivity index (χ1v) is 32.6. The molecule has 0 aromatic carbocycles.